The van der Waals surface area contributed by atoms with Gasteiger partial charge in [-0.3, -0.25) is 9.97 Å². The second-order valence-corrected chi connectivity index (χ2v) is 4.07. The monoisotopic (exact) mass is 307 g/mol. The predicted octanol–water partition coefficient (Wildman–Crippen LogP) is 3.12. The first-order valence-electron chi connectivity index (χ1n) is 4.74. The van der Waals surface area contributed by atoms with Crippen LogP contribution in [0.3, 0.4) is 0 Å². The smallest absolute Gasteiger partial charge is 0.339 e. The summed E-state index contributed by atoms with van der Waals surface area (Å²) < 4.78 is 5.25. The van der Waals surface area contributed by atoms with E-state index in [-0.39, 0.29) is 11.3 Å². The van der Waals surface area contributed by atoms with Gasteiger partial charge in [-0.1, -0.05) is 5.11 Å². The number of carbonyl (C=O) groups excluding carboxylic acids is 1. The highest BCUT2D eigenvalue weighted by Gasteiger charge is 2.16. The van der Waals surface area contributed by atoms with Gasteiger partial charge in [0, 0.05) is 28.9 Å². The molecule has 0 fully saturated rings. The number of hydrogen-bond donors (Lipinski definition) is 0. The highest BCUT2D eigenvalue weighted by molar-refractivity contribution is 9.10. The molecule has 0 aliphatic rings. The third kappa shape index (κ3) is 1.99. The molecule has 0 aliphatic carbocycles. The first kappa shape index (κ1) is 12.3. The Balaban J connectivity index is 2.87. The number of pyridine rings is 2. The molecular formula is C10H6BrN5O2. The van der Waals surface area contributed by atoms with E-state index in [1.807, 2.05) is 0 Å². The van der Waals surface area contributed by atoms with Crippen LogP contribution >= 0.6 is 15.9 Å². The van der Waals surface area contributed by atoms with Gasteiger partial charge in [0.05, 0.1) is 28.4 Å². The lowest BCUT2D eigenvalue weighted by molar-refractivity contribution is 0.0601. The van der Waals surface area contributed by atoms with Gasteiger partial charge in [-0.15, -0.1) is 0 Å². The number of azide groups is 1. The summed E-state index contributed by atoms with van der Waals surface area (Å²) in [4.78, 5) is 22.4. The fourth-order valence-electron chi connectivity index (χ4n) is 1.48. The minimum Gasteiger partial charge on any atom is -0.465 e. The molecule has 0 unspecified atom stereocenters. The summed E-state index contributed by atoms with van der Waals surface area (Å²) in [5.74, 6) is -0.619. The molecule has 0 N–H and O–H groups in total. The summed E-state index contributed by atoms with van der Waals surface area (Å²) in [6.45, 7) is 0. The Labute approximate surface area is 110 Å². The summed E-state index contributed by atoms with van der Waals surface area (Å²) in [5.41, 5.74) is 9.39. The van der Waals surface area contributed by atoms with Crippen molar-refractivity contribution in [3.8, 4) is 0 Å². The maximum absolute atomic E-state index is 11.6. The van der Waals surface area contributed by atoms with Crippen molar-refractivity contribution in [2.45, 2.75) is 0 Å². The van der Waals surface area contributed by atoms with Gasteiger partial charge in [0.1, 0.15) is 0 Å². The lowest BCUT2D eigenvalue weighted by atomic mass is 10.1. The number of hydrogen-bond acceptors (Lipinski definition) is 5. The van der Waals surface area contributed by atoms with Gasteiger partial charge in [0.15, 0.2) is 0 Å². The number of esters is 1. The van der Waals surface area contributed by atoms with Crippen molar-refractivity contribution in [2.75, 3.05) is 7.11 Å². The molecule has 0 aliphatic heterocycles. The molecule has 2 aromatic heterocycles. The average Bonchev–Trinajstić information content (AvgIpc) is 2.39. The van der Waals surface area contributed by atoms with Crippen LogP contribution in [0.2, 0.25) is 0 Å². The standard InChI is InChI=1S/C10H6BrN5O2/c1-18-10(17)6-3-14-9-5(8(6)15-16-12)2-13-4-7(9)11/h2-4H,1H3. The molecule has 0 radical (unpaired) electrons. The summed E-state index contributed by atoms with van der Waals surface area (Å²) in [5, 5.41) is 4.00. The van der Waals surface area contributed by atoms with Gasteiger partial charge in [0.25, 0.3) is 0 Å². The highest BCUT2D eigenvalue weighted by atomic mass is 79.9. The molecule has 0 aromatic carbocycles. The minimum absolute atomic E-state index is 0.0997. The summed E-state index contributed by atoms with van der Waals surface area (Å²) in [7, 11) is 1.24. The van der Waals surface area contributed by atoms with Crippen LogP contribution in [0.1, 0.15) is 10.4 Å². The molecule has 0 saturated heterocycles. The largest absolute Gasteiger partial charge is 0.465 e. The summed E-state index contributed by atoms with van der Waals surface area (Å²) in [6, 6.07) is 0. The Morgan fingerprint density at radius 2 is 2.28 bits per heavy atom. The number of halogens is 1. The topological polar surface area (TPSA) is 101 Å². The van der Waals surface area contributed by atoms with Gasteiger partial charge in [-0.05, 0) is 21.5 Å². The third-order valence-electron chi connectivity index (χ3n) is 2.26. The van der Waals surface area contributed by atoms with Crippen molar-refractivity contribution in [3.05, 3.63) is 39.1 Å². The Morgan fingerprint density at radius 3 is 2.94 bits per heavy atom. The number of carbonyl (C=O) groups is 1. The zero-order valence-electron chi connectivity index (χ0n) is 9.16. The van der Waals surface area contributed by atoms with E-state index < -0.39 is 5.97 Å². The minimum atomic E-state index is -0.619. The third-order valence-corrected chi connectivity index (χ3v) is 2.84. The summed E-state index contributed by atoms with van der Waals surface area (Å²) >= 11 is 3.28. The number of aromatic nitrogens is 2. The molecule has 0 amide bonds. The lowest BCUT2D eigenvalue weighted by Crippen LogP contribution is -2.03. The van der Waals surface area contributed by atoms with Crippen LogP contribution in [0.5, 0.6) is 0 Å². The van der Waals surface area contributed by atoms with Crippen molar-refractivity contribution in [3.63, 3.8) is 0 Å². The van der Waals surface area contributed by atoms with E-state index >= 15 is 0 Å². The number of methoxy groups -OCH3 is 1. The van der Waals surface area contributed by atoms with Gasteiger partial charge in [-0.25, -0.2) is 4.79 Å². The van der Waals surface area contributed by atoms with Crippen molar-refractivity contribution in [2.24, 2.45) is 5.11 Å². The Morgan fingerprint density at radius 1 is 1.50 bits per heavy atom. The molecule has 0 atom stereocenters. The normalized spacial score (nSPS) is 9.89. The number of ether oxygens (including phenoxy) is 1. The highest BCUT2D eigenvalue weighted by Crippen LogP contribution is 2.32. The van der Waals surface area contributed by atoms with Crippen LogP contribution in [-0.4, -0.2) is 23.0 Å². The second-order valence-electron chi connectivity index (χ2n) is 3.22. The molecule has 0 saturated carbocycles. The van der Waals surface area contributed by atoms with Crippen LogP contribution < -0.4 is 0 Å². The fourth-order valence-corrected chi connectivity index (χ4v) is 1.91. The quantitative estimate of drug-likeness (QED) is 0.368. The fraction of sp³-hybridized carbons (Fsp3) is 0.100. The van der Waals surface area contributed by atoms with E-state index in [2.05, 4.69) is 40.7 Å². The zero-order chi connectivity index (χ0) is 13.1. The number of fused-ring (bicyclic) bond motifs is 1. The van der Waals surface area contributed by atoms with Crippen LogP contribution in [0.25, 0.3) is 21.3 Å². The summed E-state index contributed by atoms with van der Waals surface area (Å²) in [6.07, 6.45) is 4.35. The molecule has 8 heteroatoms. The van der Waals surface area contributed by atoms with Crippen LogP contribution in [0, 0.1) is 0 Å². The van der Waals surface area contributed by atoms with Crippen LogP contribution in [0.4, 0.5) is 5.69 Å². The van der Waals surface area contributed by atoms with E-state index in [0.29, 0.717) is 15.4 Å². The molecule has 2 aromatic rings. The second kappa shape index (κ2) is 4.99. The first-order valence-corrected chi connectivity index (χ1v) is 5.54. The maximum Gasteiger partial charge on any atom is 0.339 e. The van der Waals surface area contributed by atoms with Gasteiger partial charge >= 0.3 is 5.97 Å². The van der Waals surface area contributed by atoms with Crippen molar-refractivity contribution >= 4 is 38.5 Å². The average molecular weight is 308 g/mol. The van der Waals surface area contributed by atoms with Crippen molar-refractivity contribution in [1.29, 1.82) is 0 Å². The molecular weight excluding hydrogens is 302 g/mol. The SMILES string of the molecule is COC(=O)c1cnc2c(Br)cncc2c1N=[N+]=[N-]. The molecule has 0 spiro atoms. The van der Waals surface area contributed by atoms with E-state index in [0.717, 1.165) is 0 Å². The van der Waals surface area contributed by atoms with Crippen molar-refractivity contribution < 1.29 is 9.53 Å². The van der Waals surface area contributed by atoms with E-state index in [1.54, 1.807) is 6.20 Å². The first-order chi connectivity index (χ1) is 8.69. The maximum atomic E-state index is 11.6. The zero-order valence-corrected chi connectivity index (χ0v) is 10.7. The van der Waals surface area contributed by atoms with Gasteiger partial charge in [0.2, 0.25) is 0 Å². The molecule has 7 nitrogen and oxygen atoms in total. The number of rotatable bonds is 2. The molecule has 2 rings (SSSR count). The molecule has 0 bridgehead atoms. The molecule has 18 heavy (non-hydrogen) atoms. The van der Waals surface area contributed by atoms with Gasteiger partial charge in [-0.2, -0.15) is 0 Å². The Bertz CT molecular complexity index is 681. The molecule has 90 valence electrons. The van der Waals surface area contributed by atoms with Crippen LogP contribution in [0.15, 0.2) is 28.2 Å². The predicted molar refractivity (Wildman–Crippen MR) is 67.4 cm³/mol. The van der Waals surface area contributed by atoms with Gasteiger partial charge < -0.3 is 4.74 Å². The van der Waals surface area contributed by atoms with Crippen molar-refractivity contribution in [1.82, 2.24) is 9.97 Å². The van der Waals surface area contributed by atoms with E-state index in [4.69, 9.17) is 5.53 Å². The van der Waals surface area contributed by atoms with Crippen LogP contribution in [-0.2, 0) is 4.74 Å². The number of nitrogens with zero attached hydrogens (tertiary/aromatic N) is 5. The molecule has 2 heterocycles. The van der Waals surface area contributed by atoms with E-state index in [1.165, 1.54) is 19.5 Å². The van der Waals surface area contributed by atoms with E-state index in [9.17, 15) is 4.79 Å². The Hall–Kier alpha value is -2.18. The Kier molecular flexibility index (Phi) is 3.40. The lowest BCUT2D eigenvalue weighted by Gasteiger charge is -2.06.